The summed E-state index contributed by atoms with van der Waals surface area (Å²) in [5.74, 6) is 3.80. The first kappa shape index (κ1) is 13.9. The molecule has 0 aliphatic heterocycles. The van der Waals surface area contributed by atoms with Gasteiger partial charge < -0.3 is 14.5 Å². The highest BCUT2D eigenvalue weighted by Crippen LogP contribution is 2.18. The molecule has 1 aromatic heterocycles. The molecule has 3 nitrogen and oxygen atoms in total. The predicted octanol–water partition coefficient (Wildman–Crippen LogP) is 4.15. The summed E-state index contributed by atoms with van der Waals surface area (Å²) in [5.41, 5.74) is 1.06. The number of benzene rings is 1. The Morgan fingerprint density at radius 3 is 2.53 bits per heavy atom. The van der Waals surface area contributed by atoms with Crippen LogP contribution in [-0.2, 0) is 12.3 Å². The van der Waals surface area contributed by atoms with Gasteiger partial charge in [-0.1, -0.05) is 0 Å². The normalized spacial score (nSPS) is 10.4. The minimum absolute atomic E-state index is 0.692. The van der Waals surface area contributed by atoms with Crippen LogP contribution in [0.1, 0.15) is 18.4 Å². The quantitative estimate of drug-likeness (QED) is 0.824. The van der Waals surface area contributed by atoms with Crippen LogP contribution in [0.3, 0.4) is 0 Å². The lowest BCUT2D eigenvalue weighted by Gasteiger charge is -2.06. The van der Waals surface area contributed by atoms with Crippen LogP contribution >= 0.6 is 11.8 Å². The Kier molecular flexibility index (Phi) is 5.21. The van der Waals surface area contributed by atoms with Gasteiger partial charge in [0.05, 0.1) is 18.9 Å². The zero-order chi connectivity index (χ0) is 13.5. The fraction of sp³-hybridized carbons (Fsp3) is 0.333. The molecule has 19 heavy (non-hydrogen) atoms. The van der Waals surface area contributed by atoms with Gasteiger partial charge in [0.1, 0.15) is 17.3 Å². The second-order valence-electron chi connectivity index (χ2n) is 4.11. The van der Waals surface area contributed by atoms with Gasteiger partial charge in [-0.2, -0.15) is 11.8 Å². The smallest absolute Gasteiger partial charge is 0.123 e. The number of thioether (sulfide) groups is 1. The van der Waals surface area contributed by atoms with Crippen LogP contribution in [0.4, 0.5) is 5.69 Å². The first-order valence-electron chi connectivity index (χ1n) is 6.35. The third-order valence-electron chi connectivity index (χ3n) is 2.64. The molecule has 1 aromatic carbocycles. The maximum absolute atomic E-state index is 5.70. The number of rotatable bonds is 7. The van der Waals surface area contributed by atoms with E-state index in [1.807, 2.05) is 43.3 Å². The van der Waals surface area contributed by atoms with Crippen molar-refractivity contribution in [3.05, 3.63) is 47.9 Å². The zero-order valence-corrected chi connectivity index (χ0v) is 12.1. The Balaban J connectivity index is 1.86. The zero-order valence-electron chi connectivity index (χ0n) is 11.3. The largest absolute Gasteiger partial charge is 0.494 e. The van der Waals surface area contributed by atoms with Gasteiger partial charge in [0.2, 0.25) is 0 Å². The Labute approximate surface area is 118 Å². The van der Waals surface area contributed by atoms with E-state index in [4.69, 9.17) is 9.15 Å². The molecule has 0 aliphatic carbocycles. The van der Waals surface area contributed by atoms with E-state index in [2.05, 4.69) is 11.6 Å². The minimum atomic E-state index is 0.692. The summed E-state index contributed by atoms with van der Waals surface area (Å²) in [7, 11) is 0. The maximum atomic E-state index is 5.70. The van der Waals surface area contributed by atoms with Gasteiger partial charge >= 0.3 is 0 Å². The van der Waals surface area contributed by atoms with E-state index in [1.165, 1.54) is 0 Å². The summed E-state index contributed by atoms with van der Waals surface area (Å²) in [5, 5.41) is 3.33. The fourth-order valence-electron chi connectivity index (χ4n) is 1.76. The lowest BCUT2D eigenvalue weighted by molar-refractivity contribution is 0.340. The number of nitrogens with one attached hydrogen (secondary N) is 1. The first-order chi connectivity index (χ1) is 9.31. The molecule has 0 fully saturated rings. The molecule has 0 radical (unpaired) electrons. The SMILES string of the molecule is CCOc1ccc(NCc2ccc(CSC)o2)cc1. The van der Waals surface area contributed by atoms with Crippen molar-refractivity contribution in [2.75, 3.05) is 18.2 Å². The highest BCUT2D eigenvalue weighted by atomic mass is 32.2. The summed E-state index contributed by atoms with van der Waals surface area (Å²) in [4.78, 5) is 0. The van der Waals surface area contributed by atoms with E-state index in [9.17, 15) is 0 Å². The van der Waals surface area contributed by atoms with E-state index in [0.29, 0.717) is 13.2 Å². The molecule has 4 heteroatoms. The summed E-state index contributed by atoms with van der Waals surface area (Å²) in [6.45, 7) is 3.37. The van der Waals surface area contributed by atoms with Gasteiger partial charge in [-0.05, 0) is 49.6 Å². The second kappa shape index (κ2) is 7.14. The van der Waals surface area contributed by atoms with Gasteiger partial charge in [-0.3, -0.25) is 0 Å². The third-order valence-corrected chi connectivity index (χ3v) is 3.21. The molecule has 0 aliphatic rings. The van der Waals surface area contributed by atoms with Crippen LogP contribution < -0.4 is 10.1 Å². The molecule has 2 rings (SSSR count). The number of furan rings is 1. The van der Waals surface area contributed by atoms with Crippen molar-refractivity contribution in [1.82, 2.24) is 0 Å². The molecule has 0 saturated carbocycles. The van der Waals surface area contributed by atoms with Crippen molar-refractivity contribution in [2.45, 2.75) is 19.2 Å². The summed E-state index contributed by atoms with van der Waals surface area (Å²) in [6.07, 6.45) is 2.07. The standard InChI is InChI=1S/C15H19NO2S/c1-3-17-13-6-4-12(5-7-13)16-10-14-8-9-15(18-14)11-19-2/h4-9,16H,3,10-11H2,1-2H3. The van der Waals surface area contributed by atoms with Gasteiger partial charge in [-0.15, -0.1) is 0 Å². The average molecular weight is 277 g/mol. The van der Waals surface area contributed by atoms with E-state index in [-0.39, 0.29) is 0 Å². The topological polar surface area (TPSA) is 34.4 Å². The van der Waals surface area contributed by atoms with Crippen molar-refractivity contribution in [1.29, 1.82) is 0 Å². The lowest BCUT2D eigenvalue weighted by Crippen LogP contribution is -1.98. The molecule has 0 atom stereocenters. The third kappa shape index (κ3) is 4.24. The van der Waals surface area contributed by atoms with Crippen molar-refractivity contribution in [2.24, 2.45) is 0 Å². The molecule has 1 heterocycles. The van der Waals surface area contributed by atoms with Crippen molar-refractivity contribution in [3.63, 3.8) is 0 Å². The van der Waals surface area contributed by atoms with E-state index < -0.39 is 0 Å². The van der Waals surface area contributed by atoms with Crippen molar-refractivity contribution >= 4 is 17.4 Å². The van der Waals surface area contributed by atoms with Crippen LogP contribution in [-0.4, -0.2) is 12.9 Å². The molecule has 0 bridgehead atoms. The molecule has 0 unspecified atom stereocenters. The van der Waals surface area contributed by atoms with E-state index >= 15 is 0 Å². The highest BCUT2D eigenvalue weighted by Gasteiger charge is 2.01. The van der Waals surface area contributed by atoms with E-state index in [1.54, 1.807) is 11.8 Å². The summed E-state index contributed by atoms with van der Waals surface area (Å²) < 4.78 is 11.1. The summed E-state index contributed by atoms with van der Waals surface area (Å²) >= 11 is 1.76. The van der Waals surface area contributed by atoms with Gasteiger partial charge in [-0.25, -0.2) is 0 Å². The molecule has 1 N–H and O–H groups in total. The molecule has 0 saturated heterocycles. The predicted molar refractivity (Wildman–Crippen MR) is 80.9 cm³/mol. The molecule has 0 amide bonds. The van der Waals surface area contributed by atoms with Crippen LogP contribution in [0.25, 0.3) is 0 Å². The maximum Gasteiger partial charge on any atom is 0.123 e. The van der Waals surface area contributed by atoms with Crippen LogP contribution in [0.15, 0.2) is 40.8 Å². The Hall–Kier alpha value is -1.55. The van der Waals surface area contributed by atoms with Gasteiger partial charge in [0, 0.05) is 5.69 Å². The number of hydrogen-bond donors (Lipinski definition) is 1. The molecule has 102 valence electrons. The van der Waals surface area contributed by atoms with Crippen LogP contribution in [0.5, 0.6) is 5.75 Å². The number of hydrogen-bond acceptors (Lipinski definition) is 4. The van der Waals surface area contributed by atoms with E-state index in [0.717, 1.165) is 28.7 Å². The van der Waals surface area contributed by atoms with Gasteiger partial charge in [0.25, 0.3) is 0 Å². The number of ether oxygens (including phenoxy) is 1. The van der Waals surface area contributed by atoms with Crippen molar-refractivity contribution < 1.29 is 9.15 Å². The molecular formula is C15H19NO2S. The number of anilines is 1. The Morgan fingerprint density at radius 1 is 1.11 bits per heavy atom. The highest BCUT2D eigenvalue weighted by molar-refractivity contribution is 7.97. The molecule has 0 spiro atoms. The Bertz CT molecular complexity index is 493. The van der Waals surface area contributed by atoms with Crippen LogP contribution in [0, 0.1) is 0 Å². The average Bonchev–Trinajstić information content (AvgIpc) is 2.87. The lowest BCUT2D eigenvalue weighted by atomic mass is 10.3. The monoisotopic (exact) mass is 277 g/mol. The minimum Gasteiger partial charge on any atom is -0.494 e. The second-order valence-corrected chi connectivity index (χ2v) is 4.98. The summed E-state index contributed by atoms with van der Waals surface area (Å²) in [6, 6.07) is 12.0. The van der Waals surface area contributed by atoms with Crippen LogP contribution in [0.2, 0.25) is 0 Å². The fourth-order valence-corrected chi connectivity index (χ4v) is 2.20. The molecular weight excluding hydrogens is 258 g/mol. The van der Waals surface area contributed by atoms with Gasteiger partial charge in [0.15, 0.2) is 0 Å². The Morgan fingerprint density at radius 2 is 1.84 bits per heavy atom. The molecule has 2 aromatic rings. The first-order valence-corrected chi connectivity index (χ1v) is 7.74. The van der Waals surface area contributed by atoms with Crippen molar-refractivity contribution in [3.8, 4) is 5.75 Å².